The van der Waals surface area contributed by atoms with Crippen molar-refractivity contribution >= 4 is 17.5 Å². The number of aromatic nitrogens is 4. The first-order chi connectivity index (χ1) is 11.6. The molecule has 1 aliphatic rings. The molecule has 1 aliphatic heterocycles. The lowest BCUT2D eigenvalue weighted by atomic mass is 10.2. The Kier molecular flexibility index (Phi) is 4.83. The summed E-state index contributed by atoms with van der Waals surface area (Å²) in [5.74, 6) is -0.118. The Bertz CT molecular complexity index is 728. The van der Waals surface area contributed by atoms with Gasteiger partial charge in [-0.15, -0.1) is 5.10 Å². The summed E-state index contributed by atoms with van der Waals surface area (Å²) < 4.78 is 1.57. The lowest BCUT2D eigenvalue weighted by Crippen LogP contribution is -2.37. The van der Waals surface area contributed by atoms with E-state index < -0.39 is 0 Å². The Hall–Kier alpha value is -2.77. The second-order valence-corrected chi connectivity index (χ2v) is 5.93. The van der Waals surface area contributed by atoms with Crippen LogP contribution in [-0.2, 0) is 9.59 Å². The molecule has 0 saturated carbocycles. The molecule has 0 aliphatic carbocycles. The molecule has 2 aromatic rings. The van der Waals surface area contributed by atoms with E-state index in [1.807, 2.05) is 19.1 Å². The fourth-order valence-corrected chi connectivity index (χ4v) is 2.84. The maximum atomic E-state index is 12.2. The van der Waals surface area contributed by atoms with E-state index >= 15 is 0 Å². The van der Waals surface area contributed by atoms with Gasteiger partial charge in [0.05, 0.1) is 12.2 Å². The van der Waals surface area contributed by atoms with E-state index in [1.54, 1.807) is 15.6 Å². The van der Waals surface area contributed by atoms with Gasteiger partial charge in [-0.05, 0) is 54.0 Å². The number of hydrogen-bond acceptors (Lipinski definition) is 5. The second-order valence-electron chi connectivity index (χ2n) is 5.93. The summed E-state index contributed by atoms with van der Waals surface area (Å²) in [4.78, 5) is 25.8. The van der Waals surface area contributed by atoms with Crippen LogP contribution in [0.15, 0.2) is 24.5 Å². The summed E-state index contributed by atoms with van der Waals surface area (Å²) in [5, 5.41) is 13.9. The molecular formula is C16H20N6O2. The van der Waals surface area contributed by atoms with E-state index in [2.05, 4.69) is 20.8 Å². The van der Waals surface area contributed by atoms with Gasteiger partial charge in [0.25, 0.3) is 0 Å². The highest BCUT2D eigenvalue weighted by Gasteiger charge is 2.19. The Morgan fingerprint density at radius 3 is 2.92 bits per heavy atom. The predicted molar refractivity (Wildman–Crippen MR) is 87.6 cm³/mol. The maximum Gasteiger partial charge on any atom is 0.243 e. The van der Waals surface area contributed by atoms with Crippen LogP contribution in [0.2, 0.25) is 0 Å². The number of hydrogen-bond donors (Lipinski definition) is 1. The van der Waals surface area contributed by atoms with E-state index in [9.17, 15) is 9.59 Å². The molecule has 3 rings (SSSR count). The van der Waals surface area contributed by atoms with Crippen LogP contribution in [0.1, 0.15) is 31.2 Å². The van der Waals surface area contributed by atoms with Crippen molar-refractivity contribution in [3.63, 3.8) is 0 Å². The number of aryl methyl sites for hydroxylation is 1. The van der Waals surface area contributed by atoms with Crippen molar-refractivity contribution in [3.05, 3.63) is 30.1 Å². The van der Waals surface area contributed by atoms with Crippen molar-refractivity contribution in [2.24, 2.45) is 0 Å². The average Bonchev–Trinajstić information content (AvgIpc) is 3.00. The Morgan fingerprint density at radius 1 is 1.29 bits per heavy atom. The molecule has 8 nitrogen and oxygen atoms in total. The number of benzene rings is 1. The first-order valence-electron chi connectivity index (χ1n) is 8.05. The summed E-state index contributed by atoms with van der Waals surface area (Å²) in [6, 6.07) is 5.50. The smallest absolute Gasteiger partial charge is 0.243 e. The number of anilines is 1. The Labute approximate surface area is 139 Å². The molecule has 0 bridgehead atoms. The highest BCUT2D eigenvalue weighted by molar-refractivity contribution is 5.94. The second kappa shape index (κ2) is 7.20. The summed E-state index contributed by atoms with van der Waals surface area (Å²) in [7, 11) is 0. The van der Waals surface area contributed by atoms with Crippen LogP contribution >= 0.6 is 0 Å². The third-order valence-corrected chi connectivity index (χ3v) is 4.08. The first kappa shape index (κ1) is 16.1. The number of nitrogens with one attached hydrogen (secondary N) is 1. The van der Waals surface area contributed by atoms with Crippen molar-refractivity contribution in [2.45, 2.75) is 32.6 Å². The normalized spacial score (nSPS) is 15.2. The highest BCUT2D eigenvalue weighted by Crippen LogP contribution is 2.18. The van der Waals surface area contributed by atoms with Gasteiger partial charge < -0.3 is 10.2 Å². The minimum absolute atomic E-state index is 0.0628. The fraction of sp³-hybridized carbons (Fsp3) is 0.438. The number of tetrazole rings is 1. The molecule has 2 amide bonds. The topological polar surface area (TPSA) is 93.0 Å². The molecule has 0 spiro atoms. The zero-order valence-electron chi connectivity index (χ0n) is 13.6. The van der Waals surface area contributed by atoms with E-state index in [4.69, 9.17) is 0 Å². The van der Waals surface area contributed by atoms with E-state index in [0.717, 1.165) is 30.5 Å². The zero-order chi connectivity index (χ0) is 16.9. The number of carbonyl (C=O) groups excluding carboxylic acids is 2. The number of likely N-dealkylation sites (tertiary alicyclic amines) is 1. The molecule has 1 aromatic heterocycles. The maximum absolute atomic E-state index is 12.2. The highest BCUT2D eigenvalue weighted by atomic mass is 16.2. The van der Waals surface area contributed by atoms with Gasteiger partial charge in [-0.1, -0.05) is 6.42 Å². The lowest BCUT2D eigenvalue weighted by molar-refractivity contribution is -0.134. The molecule has 0 unspecified atom stereocenters. The third-order valence-electron chi connectivity index (χ3n) is 4.08. The van der Waals surface area contributed by atoms with E-state index in [-0.39, 0.29) is 18.4 Å². The Balaban J connectivity index is 1.64. The quantitative estimate of drug-likeness (QED) is 0.913. The van der Waals surface area contributed by atoms with Crippen LogP contribution in [0.25, 0.3) is 5.69 Å². The standard InChI is InChI=1S/C16H20N6O2/c1-12-9-13(6-7-14(12)22-11-17-19-20-22)18-15(23)10-21-8-4-2-3-5-16(21)24/h6-7,9,11H,2-5,8,10H2,1H3,(H,18,23). The Morgan fingerprint density at radius 2 is 2.17 bits per heavy atom. The fourth-order valence-electron chi connectivity index (χ4n) is 2.84. The van der Waals surface area contributed by atoms with Crippen molar-refractivity contribution in [2.75, 3.05) is 18.4 Å². The molecule has 1 saturated heterocycles. The molecule has 0 atom stereocenters. The molecule has 1 aromatic carbocycles. The van der Waals surface area contributed by atoms with Gasteiger partial charge >= 0.3 is 0 Å². The molecule has 2 heterocycles. The van der Waals surface area contributed by atoms with Crippen LogP contribution in [0.4, 0.5) is 5.69 Å². The first-order valence-corrected chi connectivity index (χ1v) is 8.05. The largest absolute Gasteiger partial charge is 0.333 e. The molecule has 1 fully saturated rings. The molecule has 1 N–H and O–H groups in total. The van der Waals surface area contributed by atoms with E-state index in [1.165, 1.54) is 6.33 Å². The number of carbonyl (C=O) groups is 2. The minimum Gasteiger partial charge on any atom is -0.333 e. The van der Waals surface area contributed by atoms with Gasteiger partial charge in [-0.2, -0.15) is 0 Å². The molecule has 0 radical (unpaired) electrons. The molecule has 126 valence electrons. The summed E-state index contributed by atoms with van der Waals surface area (Å²) in [5.41, 5.74) is 2.48. The van der Waals surface area contributed by atoms with Crippen molar-refractivity contribution in [1.29, 1.82) is 0 Å². The van der Waals surface area contributed by atoms with Crippen molar-refractivity contribution in [3.8, 4) is 5.69 Å². The lowest BCUT2D eigenvalue weighted by Gasteiger charge is -2.20. The number of amides is 2. The van der Waals surface area contributed by atoms with Gasteiger partial charge in [0.2, 0.25) is 11.8 Å². The van der Waals surface area contributed by atoms with Gasteiger partial charge in [0.15, 0.2) is 0 Å². The van der Waals surface area contributed by atoms with Gasteiger partial charge in [-0.3, -0.25) is 9.59 Å². The van der Waals surface area contributed by atoms with Crippen LogP contribution in [0, 0.1) is 6.92 Å². The van der Waals surface area contributed by atoms with E-state index in [0.29, 0.717) is 18.7 Å². The summed E-state index contributed by atoms with van der Waals surface area (Å²) >= 11 is 0. The predicted octanol–water partition coefficient (Wildman–Crippen LogP) is 1.31. The van der Waals surface area contributed by atoms with Gasteiger partial charge in [0.1, 0.15) is 6.33 Å². The van der Waals surface area contributed by atoms with Crippen molar-refractivity contribution in [1.82, 2.24) is 25.1 Å². The molecular weight excluding hydrogens is 308 g/mol. The summed E-state index contributed by atoms with van der Waals surface area (Å²) in [6.45, 7) is 2.68. The molecule has 24 heavy (non-hydrogen) atoms. The van der Waals surface area contributed by atoms with Gasteiger partial charge in [-0.25, -0.2) is 4.68 Å². The monoisotopic (exact) mass is 328 g/mol. The summed E-state index contributed by atoms with van der Waals surface area (Å²) in [6.07, 6.45) is 4.97. The van der Waals surface area contributed by atoms with Crippen LogP contribution in [-0.4, -0.2) is 50.0 Å². The van der Waals surface area contributed by atoms with Crippen molar-refractivity contribution < 1.29 is 9.59 Å². The zero-order valence-corrected chi connectivity index (χ0v) is 13.6. The number of nitrogens with zero attached hydrogens (tertiary/aromatic N) is 5. The number of rotatable bonds is 4. The van der Waals surface area contributed by atoms with Crippen LogP contribution in [0.5, 0.6) is 0 Å². The minimum atomic E-state index is -0.181. The molecule has 8 heteroatoms. The van der Waals surface area contributed by atoms with Crippen LogP contribution in [0.3, 0.4) is 0 Å². The van der Waals surface area contributed by atoms with Crippen LogP contribution < -0.4 is 5.32 Å². The SMILES string of the molecule is Cc1cc(NC(=O)CN2CCCCCC2=O)ccc1-n1cnnn1. The third kappa shape index (κ3) is 3.76. The average molecular weight is 328 g/mol. The van der Waals surface area contributed by atoms with Gasteiger partial charge in [0, 0.05) is 18.7 Å².